The first kappa shape index (κ1) is 21.1. The quantitative estimate of drug-likeness (QED) is 0.627. The minimum atomic E-state index is -4.91. The number of nitrogens with zero attached hydrogens (tertiary/aromatic N) is 2. The number of carboxylic acid groups (broad SMARTS) is 1. The van der Waals surface area contributed by atoms with Crippen LogP contribution in [0.3, 0.4) is 0 Å². The van der Waals surface area contributed by atoms with Gasteiger partial charge >= 0.3 is 12.1 Å². The van der Waals surface area contributed by atoms with Crippen LogP contribution in [-0.4, -0.2) is 32.1 Å². The van der Waals surface area contributed by atoms with Crippen LogP contribution in [0, 0.1) is 12.3 Å². The molecule has 2 aromatic carbocycles. The third-order valence-electron chi connectivity index (χ3n) is 5.75. The summed E-state index contributed by atoms with van der Waals surface area (Å²) < 4.78 is 43.8. The smallest absolute Gasteiger partial charge is 0.425 e. The molecule has 2 N–H and O–H groups in total. The van der Waals surface area contributed by atoms with Crippen molar-refractivity contribution in [1.29, 1.82) is 0 Å². The van der Waals surface area contributed by atoms with E-state index in [4.69, 9.17) is 0 Å². The number of carbonyl (C=O) groups is 1. The molecule has 1 aliphatic rings. The Labute approximate surface area is 176 Å². The van der Waals surface area contributed by atoms with Crippen molar-refractivity contribution in [3.63, 3.8) is 0 Å². The molecule has 0 saturated heterocycles. The molecule has 1 aromatic heterocycles. The number of fused-ring (bicyclic) bond motifs is 3. The van der Waals surface area contributed by atoms with Crippen LogP contribution in [0.2, 0.25) is 0 Å². The minimum absolute atomic E-state index is 0.0966. The van der Waals surface area contributed by atoms with Gasteiger partial charge in [0.15, 0.2) is 0 Å². The zero-order valence-electron chi connectivity index (χ0n) is 17.2. The highest BCUT2D eigenvalue weighted by Gasteiger charge is 2.61. The predicted molar refractivity (Wildman–Crippen MR) is 108 cm³/mol. The van der Waals surface area contributed by atoms with Crippen molar-refractivity contribution >= 4 is 5.97 Å². The molecule has 162 valence electrons. The number of aliphatic hydroxyl groups is 1. The van der Waals surface area contributed by atoms with Crippen molar-refractivity contribution in [2.45, 2.75) is 39.1 Å². The Balaban J connectivity index is 1.92. The van der Waals surface area contributed by atoms with Gasteiger partial charge < -0.3 is 10.2 Å². The van der Waals surface area contributed by atoms with E-state index >= 15 is 0 Å². The van der Waals surface area contributed by atoms with E-state index in [2.05, 4.69) is 5.10 Å². The maximum absolute atomic E-state index is 14.1. The van der Waals surface area contributed by atoms with Crippen LogP contribution in [0.4, 0.5) is 13.2 Å². The van der Waals surface area contributed by atoms with Gasteiger partial charge in [-0.05, 0) is 37.5 Å². The molecule has 8 heteroatoms. The van der Waals surface area contributed by atoms with E-state index in [9.17, 15) is 28.2 Å². The number of aliphatic carboxylic acids is 1. The Hall–Kier alpha value is -3.13. The Kier molecular flexibility index (Phi) is 4.55. The summed E-state index contributed by atoms with van der Waals surface area (Å²) in [6.07, 6.45) is -1.79. The van der Waals surface area contributed by atoms with E-state index < -0.39 is 23.2 Å². The van der Waals surface area contributed by atoms with E-state index in [1.54, 1.807) is 45.2 Å². The molecule has 0 spiro atoms. The first-order chi connectivity index (χ1) is 14.4. The lowest BCUT2D eigenvalue weighted by Gasteiger charge is -2.28. The zero-order chi connectivity index (χ0) is 22.8. The van der Waals surface area contributed by atoms with Gasteiger partial charge in [-0.25, -0.2) is 0 Å². The molecule has 0 amide bonds. The SMILES string of the molecule is Cc1cc(-c2cnn(CC(C)(C)C(=O)O)c2)c2c(c1)[C@@](O)(C(F)(F)F)c1ccccc1-2. The Morgan fingerprint density at radius 1 is 1.13 bits per heavy atom. The summed E-state index contributed by atoms with van der Waals surface area (Å²) >= 11 is 0. The fourth-order valence-corrected chi connectivity index (χ4v) is 4.12. The normalized spacial score (nSPS) is 18.0. The third-order valence-corrected chi connectivity index (χ3v) is 5.75. The van der Waals surface area contributed by atoms with Crippen molar-refractivity contribution < 1.29 is 28.2 Å². The van der Waals surface area contributed by atoms with Gasteiger partial charge in [-0.1, -0.05) is 42.0 Å². The molecule has 0 unspecified atom stereocenters. The van der Waals surface area contributed by atoms with E-state index in [0.717, 1.165) is 0 Å². The number of hydrogen-bond acceptors (Lipinski definition) is 3. The van der Waals surface area contributed by atoms with Crippen molar-refractivity contribution in [3.8, 4) is 22.3 Å². The zero-order valence-corrected chi connectivity index (χ0v) is 17.2. The monoisotopic (exact) mass is 430 g/mol. The standard InChI is InChI=1S/C23H21F3N2O3/c1-13-8-16(14-10-27-28(11-14)12-21(2,3)20(29)30)19-15-6-4-5-7-17(15)22(31,18(19)9-13)23(24,25)26/h4-11,31H,12H2,1-3H3,(H,29,30)/t22-/m1/s1. The average Bonchev–Trinajstić information content (AvgIpc) is 3.23. The van der Waals surface area contributed by atoms with Gasteiger partial charge in [-0.15, -0.1) is 0 Å². The number of benzene rings is 2. The van der Waals surface area contributed by atoms with Crippen LogP contribution >= 0.6 is 0 Å². The summed E-state index contributed by atoms with van der Waals surface area (Å²) in [5, 5.41) is 24.5. The molecule has 31 heavy (non-hydrogen) atoms. The van der Waals surface area contributed by atoms with Gasteiger partial charge in [0, 0.05) is 22.9 Å². The highest BCUT2D eigenvalue weighted by Crippen LogP contribution is 2.57. The molecular formula is C23H21F3N2O3. The van der Waals surface area contributed by atoms with Gasteiger partial charge in [0.25, 0.3) is 0 Å². The Morgan fingerprint density at radius 2 is 1.81 bits per heavy atom. The summed E-state index contributed by atoms with van der Waals surface area (Å²) in [5.41, 5.74) is -2.38. The van der Waals surface area contributed by atoms with Gasteiger partial charge in [0.2, 0.25) is 5.60 Å². The number of hydrogen-bond donors (Lipinski definition) is 2. The summed E-state index contributed by atoms with van der Waals surface area (Å²) in [5.74, 6) is -0.981. The molecule has 1 heterocycles. The van der Waals surface area contributed by atoms with Crippen LogP contribution in [0.1, 0.15) is 30.5 Å². The Bertz CT molecular complexity index is 1200. The van der Waals surface area contributed by atoms with Crippen LogP contribution in [0.5, 0.6) is 0 Å². The van der Waals surface area contributed by atoms with Crippen molar-refractivity contribution in [2.24, 2.45) is 5.41 Å². The minimum Gasteiger partial charge on any atom is -0.481 e. The topological polar surface area (TPSA) is 75.4 Å². The van der Waals surface area contributed by atoms with E-state index in [1.165, 1.54) is 29.1 Å². The summed E-state index contributed by atoms with van der Waals surface area (Å²) in [6.45, 7) is 4.91. The van der Waals surface area contributed by atoms with Crippen molar-refractivity contribution in [1.82, 2.24) is 9.78 Å². The molecular weight excluding hydrogens is 409 g/mol. The molecule has 5 nitrogen and oxygen atoms in total. The maximum atomic E-state index is 14.1. The van der Waals surface area contributed by atoms with Crippen molar-refractivity contribution in [3.05, 3.63) is 65.5 Å². The molecule has 1 aliphatic carbocycles. The molecule has 0 bridgehead atoms. The highest BCUT2D eigenvalue weighted by molar-refractivity contribution is 5.92. The van der Waals surface area contributed by atoms with Crippen LogP contribution < -0.4 is 0 Å². The fourth-order valence-electron chi connectivity index (χ4n) is 4.12. The first-order valence-corrected chi connectivity index (χ1v) is 9.66. The van der Waals surface area contributed by atoms with Crippen molar-refractivity contribution in [2.75, 3.05) is 0 Å². The van der Waals surface area contributed by atoms with Gasteiger partial charge in [0.1, 0.15) is 0 Å². The lowest BCUT2D eigenvalue weighted by Crippen LogP contribution is -2.41. The number of rotatable bonds is 4. The second-order valence-corrected chi connectivity index (χ2v) is 8.60. The molecule has 0 saturated carbocycles. The second kappa shape index (κ2) is 6.68. The number of carboxylic acids is 1. The predicted octanol–water partition coefficient (Wildman–Crippen LogP) is 4.75. The number of aryl methyl sites for hydroxylation is 1. The van der Waals surface area contributed by atoms with Crippen LogP contribution in [0.15, 0.2) is 48.8 Å². The van der Waals surface area contributed by atoms with E-state index in [0.29, 0.717) is 27.8 Å². The summed E-state index contributed by atoms with van der Waals surface area (Å²) in [7, 11) is 0. The van der Waals surface area contributed by atoms with E-state index in [1.807, 2.05) is 0 Å². The molecule has 0 radical (unpaired) electrons. The number of halogens is 3. The average molecular weight is 430 g/mol. The van der Waals surface area contributed by atoms with Gasteiger partial charge in [0.05, 0.1) is 18.2 Å². The van der Waals surface area contributed by atoms with Gasteiger partial charge in [-0.3, -0.25) is 9.48 Å². The van der Waals surface area contributed by atoms with E-state index in [-0.39, 0.29) is 17.7 Å². The Morgan fingerprint density at radius 3 is 2.45 bits per heavy atom. The van der Waals surface area contributed by atoms with Gasteiger partial charge in [-0.2, -0.15) is 18.3 Å². The highest BCUT2D eigenvalue weighted by atomic mass is 19.4. The molecule has 0 fully saturated rings. The third kappa shape index (κ3) is 3.13. The molecule has 4 rings (SSSR count). The number of aromatic nitrogens is 2. The summed E-state index contributed by atoms with van der Waals surface area (Å²) in [6, 6.07) is 9.08. The van der Waals surface area contributed by atoms with Crippen LogP contribution in [-0.2, 0) is 16.9 Å². The fraction of sp³-hybridized carbons (Fsp3) is 0.304. The number of alkyl halides is 3. The molecule has 3 aromatic rings. The first-order valence-electron chi connectivity index (χ1n) is 9.66. The lowest BCUT2D eigenvalue weighted by atomic mass is 9.88. The molecule has 0 aliphatic heterocycles. The second-order valence-electron chi connectivity index (χ2n) is 8.60. The summed E-state index contributed by atoms with van der Waals surface area (Å²) in [4.78, 5) is 11.4. The van der Waals surface area contributed by atoms with Crippen LogP contribution in [0.25, 0.3) is 22.3 Å². The largest absolute Gasteiger partial charge is 0.481 e. The molecule has 1 atom stereocenters. The maximum Gasteiger partial charge on any atom is 0.425 e. The lowest BCUT2D eigenvalue weighted by molar-refractivity contribution is -0.246.